The van der Waals surface area contributed by atoms with E-state index in [1.807, 2.05) is 0 Å². The van der Waals surface area contributed by atoms with Crippen LogP contribution < -0.4 is 14.8 Å². The molecule has 2 aliphatic heterocycles. The van der Waals surface area contributed by atoms with E-state index in [0.717, 1.165) is 36.9 Å². The van der Waals surface area contributed by atoms with Gasteiger partial charge in [0.1, 0.15) is 13.2 Å². The maximum absolute atomic E-state index is 5.82. The Kier molecular flexibility index (Phi) is 4.18. The molecule has 0 atom stereocenters. The number of thioether (sulfide) groups is 1. The molecule has 2 aliphatic rings. The molecule has 3 nitrogen and oxygen atoms in total. The predicted molar refractivity (Wildman–Crippen MR) is 78.5 cm³/mol. The molecule has 1 aromatic rings. The smallest absolute Gasteiger partial charge is 0.175 e. The second-order valence-corrected chi connectivity index (χ2v) is 6.00. The largest absolute Gasteiger partial charge is 0.486 e. The summed E-state index contributed by atoms with van der Waals surface area (Å²) < 4.78 is 11.5. The highest BCUT2D eigenvalue weighted by atomic mass is 32.2. The molecule has 0 aliphatic carbocycles. The molecule has 4 heteroatoms. The molecule has 0 spiro atoms. The summed E-state index contributed by atoms with van der Waals surface area (Å²) in [5, 5.41) is 3.43. The zero-order valence-corrected chi connectivity index (χ0v) is 12.2. The van der Waals surface area contributed by atoms with Gasteiger partial charge in [-0.25, -0.2) is 0 Å². The average Bonchev–Trinajstić information content (AvgIpc) is 2.48. The van der Waals surface area contributed by atoms with Crippen LogP contribution in [0, 0.1) is 5.92 Å². The van der Waals surface area contributed by atoms with Crippen LogP contribution in [0.2, 0.25) is 0 Å². The van der Waals surface area contributed by atoms with Gasteiger partial charge >= 0.3 is 0 Å². The molecule has 1 saturated heterocycles. The Balaban J connectivity index is 1.83. The fourth-order valence-electron chi connectivity index (χ4n) is 2.91. The first-order valence-corrected chi connectivity index (χ1v) is 8.27. The molecule has 1 fully saturated rings. The zero-order chi connectivity index (χ0) is 13.1. The van der Waals surface area contributed by atoms with E-state index >= 15 is 0 Å². The molecule has 2 heterocycles. The predicted octanol–water partition coefficient (Wildman–Crippen LogP) is 2.72. The van der Waals surface area contributed by atoms with Gasteiger partial charge in [-0.2, -0.15) is 0 Å². The summed E-state index contributed by atoms with van der Waals surface area (Å²) in [6, 6.07) is 4.30. The molecule has 1 N–H and O–H groups in total. The van der Waals surface area contributed by atoms with Gasteiger partial charge in [-0.05, 0) is 56.2 Å². The molecule has 0 unspecified atom stereocenters. The monoisotopic (exact) mass is 279 g/mol. The third kappa shape index (κ3) is 2.84. The fourth-order valence-corrected chi connectivity index (χ4v) is 3.67. The maximum atomic E-state index is 5.82. The lowest BCUT2D eigenvalue weighted by molar-refractivity contribution is 0.167. The van der Waals surface area contributed by atoms with Crippen LogP contribution in [0.25, 0.3) is 0 Å². The van der Waals surface area contributed by atoms with Crippen molar-refractivity contribution in [2.24, 2.45) is 5.92 Å². The Morgan fingerprint density at radius 3 is 2.79 bits per heavy atom. The van der Waals surface area contributed by atoms with Crippen molar-refractivity contribution in [3.63, 3.8) is 0 Å². The summed E-state index contributed by atoms with van der Waals surface area (Å²) in [7, 11) is 0. The van der Waals surface area contributed by atoms with Crippen LogP contribution >= 0.6 is 11.8 Å². The number of nitrogens with one attached hydrogen (secondary N) is 1. The Labute approximate surface area is 119 Å². The lowest BCUT2D eigenvalue weighted by Gasteiger charge is -2.26. The van der Waals surface area contributed by atoms with Gasteiger partial charge in [0, 0.05) is 0 Å². The lowest BCUT2D eigenvalue weighted by Crippen LogP contribution is -2.28. The van der Waals surface area contributed by atoms with Gasteiger partial charge in [-0.3, -0.25) is 0 Å². The van der Waals surface area contributed by atoms with Crippen molar-refractivity contribution >= 4 is 11.8 Å². The van der Waals surface area contributed by atoms with E-state index < -0.39 is 0 Å². The van der Waals surface area contributed by atoms with E-state index in [9.17, 15) is 0 Å². The van der Waals surface area contributed by atoms with Crippen molar-refractivity contribution in [3.8, 4) is 11.5 Å². The molecule has 1 aromatic carbocycles. The number of ether oxygens (including phenoxy) is 2. The van der Waals surface area contributed by atoms with Crippen molar-refractivity contribution in [3.05, 3.63) is 17.7 Å². The van der Waals surface area contributed by atoms with Crippen LogP contribution in [0.15, 0.2) is 17.0 Å². The van der Waals surface area contributed by atoms with Crippen LogP contribution in [0.3, 0.4) is 0 Å². The summed E-state index contributed by atoms with van der Waals surface area (Å²) >= 11 is 1.78. The highest BCUT2D eigenvalue weighted by Gasteiger charge is 2.21. The van der Waals surface area contributed by atoms with E-state index in [-0.39, 0.29) is 0 Å². The summed E-state index contributed by atoms with van der Waals surface area (Å²) in [6.07, 6.45) is 5.85. The second-order valence-electron chi connectivity index (χ2n) is 5.18. The van der Waals surface area contributed by atoms with Crippen LogP contribution in [0.5, 0.6) is 11.5 Å². The summed E-state index contributed by atoms with van der Waals surface area (Å²) in [6.45, 7) is 3.64. The van der Waals surface area contributed by atoms with Gasteiger partial charge in [0.15, 0.2) is 11.5 Å². The van der Waals surface area contributed by atoms with Crippen molar-refractivity contribution in [2.45, 2.75) is 24.2 Å². The lowest BCUT2D eigenvalue weighted by atomic mass is 9.91. The third-order valence-electron chi connectivity index (χ3n) is 3.92. The van der Waals surface area contributed by atoms with Crippen molar-refractivity contribution in [2.75, 3.05) is 32.6 Å². The van der Waals surface area contributed by atoms with Gasteiger partial charge in [0.05, 0.1) is 4.90 Å². The third-order valence-corrected chi connectivity index (χ3v) is 4.77. The Morgan fingerprint density at radius 1 is 1.21 bits per heavy atom. The van der Waals surface area contributed by atoms with Crippen LogP contribution in [-0.2, 0) is 6.42 Å². The van der Waals surface area contributed by atoms with Gasteiger partial charge in [-0.1, -0.05) is 6.07 Å². The minimum Gasteiger partial charge on any atom is -0.486 e. The molecular formula is C15H21NO2S. The standard InChI is InChI=1S/C15H21NO2S/c1-19-15-12(10-11-4-6-16-7-5-11)2-3-13-14(15)18-9-8-17-13/h2-3,11,16H,4-10H2,1H3. The molecule has 0 bridgehead atoms. The molecule has 3 rings (SSSR count). The minimum atomic E-state index is 0.661. The van der Waals surface area contributed by atoms with E-state index in [2.05, 4.69) is 23.7 Å². The van der Waals surface area contributed by atoms with Gasteiger partial charge in [-0.15, -0.1) is 11.8 Å². The first kappa shape index (κ1) is 13.1. The molecule has 0 radical (unpaired) electrons. The normalized spacial score (nSPS) is 19.4. The van der Waals surface area contributed by atoms with E-state index in [1.165, 1.54) is 23.3 Å². The van der Waals surface area contributed by atoms with Gasteiger partial charge in [0.2, 0.25) is 0 Å². The first-order chi connectivity index (χ1) is 9.38. The SMILES string of the molecule is CSc1c(CC2CCNCC2)ccc2c1OCCO2. The molecular weight excluding hydrogens is 258 g/mol. The van der Waals surface area contributed by atoms with Crippen molar-refractivity contribution in [1.29, 1.82) is 0 Å². The number of rotatable bonds is 3. The molecule has 104 valence electrons. The minimum absolute atomic E-state index is 0.661. The maximum Gasteiger partial charge on any atom is 0.175 e. The van der Waals surface area contributed by atoms with Crippen LogP contribution in [0.1, 0.15) is 18.4 Å². The average molecular weight is 279 g/mol. The van der Waals surface area contributed by atoms with Crippen LogP contribution in [0.4, 0.5) is 0 Å². The van der Waals surface area contributed by atoms with Gasteiger partial charge in [0.25, 0.3) is 0 Å². The van der Waals surface area contributed by atoms with Crippen molar-refractivity contribution < 1.29 is 9.47 Å². The topological polar surface area (TPSA) is 30.5 Å². The van der Waals surface area contributed by atoms with Crippen LogP contribution in [-0.4, -0.2) is 32.6 Å². The van der Waals surface area contributed by atoms with Gasteiger partial charge < -0.3 is 14.8 Å². The Bertz CT molecular complexity index is 444. The number of piperidine rings is 1. The molecule has 0 amide bonds. The van der Waals surface area contributed by atoms with E-state index in [1.54, 1.807) is 11.8 Å². The number of benzene rings is 1. The van der Waals surface area contributed by atoms with E-state index in [0.29, 0.717) is 13.2 Å². The highest BCUT2D eigenvalue weighted by Crippen LogP contribution is 2.42. The Morgan fingerprint density at radius 2 is 2.00 bits per heavy atom. The van der Waals surface area contributed by atoms with E-state index in [4.69, 9.17) is 9.47 Å². The highest BCUT2D eigenvalue weighted by molar-refractivity contribution is 7.98. The molecule has 0 aromatic heterocycles. The molecule has 19 heavy (non-hydrogen) atoms. The summed E-state index contributed by atoms with van der Waals surface area (Å²) in [5.74, 6) is 2.67. The van der Waals surface area contributed by atoms with Crippen molar-refractivity contribution in [1.82, 2.24) is 5.32 Å². The first-order valence-electron chi connectivity index (χ1n) is 7.04. The zero-order valence-electron chi connectivity index (χ0n) is 11.4. The summed E-state index contributed by atoms with van der Waals surface area (Å²) in [4.78, 5) is 1.27. The quantitative estimate of drug-likeness (QED) is 0.862. The summed E-state index contributed by atoms with van der Waals surface area (Å²) in [5.41, 5.74) is 1.42. The number of fused-ring (bicyclic) bond motifs is 1. The Hall–Kier alpha value is -0.870. The molecule has 0 saturated carbocycles. The number of hydrogen-bond donors (Lipinski definition) is 1. The fraction of sp³-hybridized carbons (Fsp3) is 0.600. The second kappa shape index (κ2) is 6.06. The number of hydrogen-bond acceptors (Lipinski definition) is 4.